The van der Waals surface area contributed by atoms with Gasteiger partial charge in [-0.15, -0.1) is 0 Å². The molecule has 0 aliphatic carbocycles. The number of hydrogen-bond donors (Lipinski definition) is 0. The Balaban J connectivity index is 1.54. The molecule has 0 amide bonds. The standard InChI is InChI=1S/C46H86O16S3/c1-14-38(59-43(18-5)49-23-32(10)55-43)47-27-36(29-63-22-9)64-30-37(28-48-39(15-2)60-44(19-6)50-24-33(11)56-44)65-31-42(53-40(16-3)61-45(20-7)51-25-34(12)57-45)54-41(17-4)62-46(21-8)52-26-35(13)58-46/h32-42H,14-31H2,1-13H3. The van der Waals surface area contributed by atoms with Gasteiger partial charge in [0.25, 0.3) is 23.9 Å². The summed E-state index contributed by atoms with van der Waals surface area (Å²) in [6, 6.07) is 0. The van der Waals surface area contributed by atoms with Gasteiger partial charge >= 0.3 is 0 Å². The lowest BCUT2D eigenvalue weighted by Crippen LogP contribution is -2.43. The molecule has 4 aliphatic heterocycles. The van der Waals surface area contributed by atoms with Gasteiger partial charge in [-0.3, -0.25) is 18.9 Å². The normalized spacial score (nSPS) is 33.9. The fourth-order valence-electron chi connectivity index (χ4n) is 7.36. The van der Waals surface area contributed by atoms with Crippen molar-refractivity contribution in [1.29, 1.82) is 0 Å². The van der Waals surface area contributed by atoms with E-state index in [2.05, 4.69) is 6.92 Å². The summed E-state index contributed by atoms with van der Waals surface area (Å²) in [6.45, 7) is 28.7. The number of thioether (sulfide) groups is 3. The molecular formula is C46H86O16S3. The molecule has 0 aromatic carbocycles. The number of hydrogen-bond acceptors (Lipinski definition) is 19. The van der Waals surface area contributed by atoms with Gasteiger partial charge < -0.3 is 56.8 Å². The van der Waals surface area contributed by atoms with Gasteiger partial charge in [0.05, 0.1) is 64.1 Å². The SMILES string of the molecule is CCSCC(COC(CC)OC1(CC)OCC(C)O1)SCC(COC(CC)OC1(CC)OCC(C)O1)SCC(OC(CC)OC1(CC)OCC(C)O1)OC(CC)OC1(CC)OCC(C)O1. The Morgan fingerprint density at radius 2 is 0.754 bits per heavy atom. The summed E-state index contributed by atoms with van der Waals surface area (Å²) in [5, 5.41) is 0.116. The highest BCUT2D eigenvalue weighted by Crippen LogP contribution is 2.36. The topological polar surface area (TPSA) is 148 Å². The zero-order valence-electron chi connectivity index (χ0n) is 41.8. The Morgan fingerprint density at radius 3 is 1.05 bits per heavy atom. The molecule has 4 rings (SSSR count). The van der Waals surface area contributed by atoms with E-state index >= 15 is 0 Å². The summed E-state index contributed by atoms with van der Waals surface area (Å²) in [6.07, 6.45) is 0.769. The van der Waals surface area contributed by atoms with Gasteiger partial charge in [0, 0.05) is 53.4 Å². The quantitative estimate of drug-likeness (QED) is 0.0555. The summed E-state index contributed by atoms with van der Waals surface area (Å²) >= 11 is 5.43. The maximum Gasteiger partial charge on any atom is 0.285 e. The molecule has 4 saturated heterocycles. The number of ether oxygens (including phenoxy) is 16. The van der Waals surface area contributed by atoms with E-state index < -0.39 is 55.3 Å². The van der Waals surface area contributed by atoms with Crippen molar-refractivity contribution in [3.63, 3.8) is 0 Å². The zero-order valence-corrected chi connectivity index (χ0v) is 44.3. The van der Waals surface area contributed by atoms with Gasteiger partial charge in [-0.25, -0.2) is 0 Å². The molecule has 0 N–H and O–H groups in total. The van der Waals surface area contributed by atoms with Crippen LogP contribution in [0, 0.1) is 0 Å². The molecule has 4 aliphatic rings. The minimum absolute atomic E-state index is 0.0394. The summed E-state index contributed by atoms with van der Waals surface area (Å²) in [5.74, 6) is -1.63. The van der Waals surface area contributed by atoms with Crippen molar-refractivity contribution >= 4 is 35.3 Å². The molecule has 16 nitrogen and oxygen atoms in total. The van der Waals surface area contributed by atoms with Crippen molar-refractivity contribution < 1.29 is 75.8 Å². The van der Waals surface area contributed by atoms with Crippen LogP contribution in [-0.2, 0) is 75.8 Å². The highest BCUT2D eigenvalue weighted by atomic mass is 32.2. The third kappa shape index (κ3) is 18.5. The van der Waals surface area contributed by atoms with E-state index in [4.69, 9.17) is 75.8 Å². The van der Waals surface area contributed by atoms with E-state index in [1.54, 1.807) is 11.8 Å². The van der Waals surface area contributed by atoms with Crippen LogP contribution in [0.3, 0.4) is 0 Å². The second-order valence-electron chi connectivity index (χ2n) is 16.9. The third-order valence-corrected chi connectivity index (χ3v) is 15.1. The first-order valence-electron chi connectivity index (χ1n) is 24.5. The molecule has 0 saturated carbocycles. The second-order valence-corrected chi connectivity index (χ2v) is 20.9. The second kappa shape index (κ2) is 29.1. The van der Waals surface area contributed by atoms with Crippen molar-refractivity contribution in [3.05, 3.63) is 0 Å². The highest BCUT2D eigenvalue weighted by molar-refractivity contribution is 8.05. The predicted molar refractivity (Wildman–Crippen MR) is 252 cm³/mol. The maximum absolute atomic E-state index is 6.72. The maximum atomic E-state index is 6.72. The van der Waals surface area contributed by atoms with E-state index in [0.29, 0.717) is 96.8 Å². The van der Waals surface area contributed by atoms with E-state index in [9.17, 15) is 0 Å². The Hall–Kier alpha value is 0.410. The smallest absolute Gasteiger partial charge is 0.285 e. The molecule has 0 bridgehead atoms. The largest absolute Gasteiger partial charge is 0.351 e. The van der Waals surface area contributed by atoms with Crippen LogP contribution >= 0.6 is 35.3 Å². The molecule has 19 heteroatoms. The zero-order chi connectivity index (χ0) is 47.5. The summed E-state index contributed by atoms with van der Waals surface area (Å²) in [4.78, 5) is 0. The van der Waals surface area contributed by atoms with Crippen molar-refractivity contribution in [2.45, 2.75) is 232 Å². The molecule has 14 atom stereocenters. The fraction of sp³-hybridized carbons (Fsp3) is 1.00. The monoisotopic (exact) mass is 991 g/mol. The highest BCUT2D eigenvalue weighted by Gasteiger charge is 2.46. The molecule has 0 aromatic rings. The molecule has 4 heterocycles. The fourth-order valence-corrected chi connectivity index (χ4v) is 10.8. The van der Waals surface area contributed by atoms with Crippen molar-refractivity contribution in [2.75, 3.05) is 62.7 Å². The Labute approximate surface area is 403 Å². The molecular weight excluding hydrogens is 905 g/mol. The average molecular weight is 991 g/mol. The minimum Gasteiger partial charge on any atom is -0.351 e. The van der Waals surface area contributed by atoms with Crippen LogP contribution in [-0.4, -0.2) is 153 Å². The molecule has 4 fully saturated rings. The van der Waals surface area contributed by atoms with Crippen molar-refractivity contribution in [2.24, 2.45) is 0 Å². The summed E-state index contributed by atoms with van der Waals surface area (Å²) in [5.41, 5.74) is 0. The van der Waals surface area contributed by atoms with Crippen LogP contribution in [0.2, 0.25) is 0 Å². The van der Waals surface area contributed by atoms with Crippen molar-refractivity contribution in [1.82, 2.24) is 0 Å². The van der Waals surface area contributed by atoms with Gasteiger partial charge in [0.15, 0.2) is 31.5 Å². The Kier molecular flexibility index (Phi) is 25.9. The molecule has 384 valence electrons. The summed E-state index contributed by atoms with van der Waals surface area (Å²) < 4.78 is 101. The molecule has 0 spiro atoms. The van der Waals surface area contributed by atoms with Gasteiger partial charge in [0.1, 0.15) is 0 Å². The third-order valence-electron chi connectivity index (χ3n) is 11.0. The first-order valence-corrected chi connectivity index (χ1v) is 27.8. The van der Waals surface area contributed by atoms with Crippen LogP contribution in [0.25, 0.3) is 0 Å². The van der Waals surface area contributed by atoms with Gasteiger partial charge in [-0.05, 0) is 59.1 Å². The molecule has 65 heavy (non-hydrogen) atoms. The van der Waals surface area contributed by atoms with Gasteiger partial charge in [-0.2, -0.15) is 35.3 Å². The van der Waals surface area contributed by atoms with Gasteiger partial charge in [0.2, 0.25) is 0 Å². The van der Waals surface area contributed by atoms with Crippen molar-refractivity contribution in [3.8, 4) is 0 Å². The van der Waals surface area contributed by atoms with Crippen LogP contribution in [0.1, 0.15) is 141 Å². The Bertz CT molecular complexity index is 1260. The van der Waals surface area contributed by atoms with Crippen LogP contribution in [0.4, 0.5) is 0 Å². The van der Waals surface area contributed by atoms with Crippen LogP contribution in [0.15, 0.2) is 0 Å². The van der Waals surface area contributed by atoms with E-state index in [0.717, 1.165) is 17.3 Å². The number of rotatable bonds is 35. The summed E-state index contributed by atoms with van der Waals surface area (Å²) in [7, 11) is 0. The molecule has 0 radical (unpaired) electrons. The molecule has 0 aromatic heterocycles. The first kappa shape index (κ1) is 58.0. The van der Waals surface area contributed by atoms with Gasteiger partial charge in [-0.1, -0.05) is 62.3 Å². The van der Waals surface area contributed by atoms with E-state index in [1.165, 1.54) is 0 Å². The Morgan fingerprint density at radius 1 is 0.431 bits per heavy atom. The average Bonchev–Trinajstić information content (AvgIpc) is 4.09. The predicted octanol–water partition coefficient (Wildman–Crippen LogP) is 9.34. The van der Waals surface area contributed by atoms with Crippen LogP contribution in [0.5, 0.6) is 0 Å². The van der Waals surface area contributed by atoms with E-state index in [1.807, 2.05) is 107 Å². The first-order chi connectivity index (χ1) is 31.2. The lowest BCUT2D eigenvalue weighted by atomic mass is 10.4. The molecule has 14 unspecified atom stereocenters. The van der Waals surface area contributed by atoms with E-state index in [-0.39, 0.29) is 34.9 Å². The lowest BCUT2D eigenvalue weighted by molar-refractivity contribution is -0.421. The lowest BCUT2D eigenvalue weighted by Gasteiger charge is -2.35. The minimum atomic E-state index is -1.21. The van der Waals surface area contributed by atoms with Crippen LogP contribution < -0.4 is 0 Å².